The lowest BCUT2D eigenvalue weighted by atomic mass is 10.1. The van der Waals surface area contributed by atoms with Crippen molar-refractivity contribution < 1.29 is 4.79 Å². The summed E-state index contributed by atoms with van der Waals surface area (Å²) in [6.45, 7) is 0. The maximum Gasteiger partial charge on any atom is 0.141 e. The van der Waals surface area contributed by atoms with Crippen LogP contribution in [0.5, 0.6) is 0 Å². The second-order valence-corrected chi connectivity index (χ2v) is 6.10. The normalized spacial score (nSPS) is 21.8. The molecule has 0 radical (unpaired) electrons. The van der Waals surface area contributed by atoms with E-state index >= 15 is 0 Å². The van der Waals surface area contributed by atoms with E-state index in [0.717, 1.165) is 16.3 Å². The van der Waals surface area contributed by atoms with Crippen LogP contribution in [0.4, 0.5) is 0 Å². The number of carbonyl (C=O) groups is 1. The number of thiophene rings is 1. The summed E-state index contributed by atoms with van der Waals surface area (Å²) in [4.78, 5) is 13.2. The van der Waals surface area contributed by atoms with Crippen LogP contribution in [0.1, 0.15) is 22.8 Å². The quantitative estimate of drug-likeness (QED) is 0.813. The number of hydrogen-bond acceptors (Lipinski definition) is 2. The third-order valence-electron chi connectivity index (χ3n) is 3.46. The van der Waals surface area contributed by atoms with Crippen LogP contribution in [0.2, 0.25) is 5.02 Å². The van der Waals surface area contributed by atoms with Crippen LogP contribution in [-0.4, -0.2) is 5.78 Å². The van der Waals surface area contributed by atoms with Crippen molar-refractivity contribution in [2.24, 2.45) is 5.92 Å². The summed E-state index contributed by atoms with van der Waals surface area (Å²) in [5.41, 5.74) is 1.29. The lowest BCUT2D eigenvalue weighted by Crippen LogP contribution is -2.05. The van der Waals surface area contributed by atoms with E-state index in [9.17, 15) is 4.79 Å². The van der Waals surface area contributed by atoms with Gasteiger partial charge in [0.15, 0.2) is 0 Å². The maximum absolute atomic E-state index is 12.2. The summed E-state index contributed by atoms with van der Waals surface area (Å²) in [6, 6.07) is 12.1. The van der Waals surface area contributed by atoms with Gasteiger partial charge < -0.3 is 0 Å². The highest BCUT2D eigenvalue weighted by Crippen LogP contribution is 2.48. The van der Waals surface area contributed by atoms with Crippen molar-refractivity contribution in [2.45, 2.75) is 18.8 Å². The van der Waals surface area contributed by atoms with Crippen LogP contribution >= 0.6 is 22.9 Å². The monoisotopic (exact) mass is 276 g/mol. The largest absolute Gasteiger partial charge is 0.299 e. The number of halogens is 1. The number of rotatable bonds is 4. The van der Waals surface area contributed by atoms with Gasteiger partial charge in [-0.15, -0.1) is 11.3 Å². The number of hydrogen-bond donors (Lipinski definition) is 0. The Kier molecular flexibility index (Phi) is 3.23. The summed E-state index contributed by atoms with van der Waals surface area (Å²) in [6.07, 6.45) is 1.48. The van der Waals surface area contributed by atoms with Crippen molar-refractivity contribution in [3.8, 4) is 0 Å². The molecule has 1 aromatic carbocycles. The van der Waals surface area contributed by atoms with Gasteiger partial charge in [-0.25, -0.2) is 0 Å². The summed E-state index contributed by atoms with van der Waals surface area (Å²) in [7, 11) is 0. The number of ketones is 1. The zero-order valence-electron chi connectivity index (χ0n) is 9.80. The molecule has 1 aliphatic rings. The Balaban J connectivity index is 1.65. The van der Waals surface area contributed by atoms with E-state index in [1.807, 2.05) is 29.6 Å². The van der Waals surface area contributed by atoms with Gasteiger partial charge in [-0.3, -0.25) is 4.79 Å². The predicted octanol–water partition coefficient (Wildman–Crippen LogP) is 4.32. The minimum absolute atomic E-state index is 0.200. The van der Waals surface area contributed by atoms with Crippen LogP contribution in [0.25, 0.3) is 0 Å². The van der Waals surface area contributed by atoms with E-state index in [0.29, 0.717) is 18.1 Å². The summed E-state index contributed by atoms with van der Waals surface area (Å²) >= 11 is 7.59. The highest BCUT2D eigenvalue weighted by molar-refractivity contribution is 7.10. The van der Waals surface area contributed by atoms with Gasteiger partial charge in [-0.1, -0.05) is 41.9 Å². The van der Waals surface area contributed by atoms with Crippen LogP contribution in [0.15, 0.2) is 41.8 Å². The lowest BCUT2D eigenvalue weighted by Gasteiger charge is -2.00. The van der Waals surface area contributed by atoms with Gasteiger partial charge in [0, 0.05) is 17.2 Å². The van der Waals surface area contributed by atoms with Gasteiger partial charge in [0.1, 0.15) is 5.78 Å². The molecule has 1 heterocycles. The van der Waals surface area contributed by atoms with E-state index < -0.39 is 0 Å². The van der Waals surface area contributed by atoms with Crippen LogP contribution < -0.4 is 0 Å². The average Bonchev–Trinajstić information content (AvgIpc) is 3.10. The molecule has 2 aromatic rings. The van der Waals surface area contributed by atoms with Crippen molar-refractivity contribution in [1.82, 2.24) is 0 Å². The Bertz CT molecular complexity index is 561. The number of carbonyl (C=O) groups excluding carboxylic acids is 1. The third-order valence-corrected chi connectivity index (χ3v) is 4.84. The molecule has 0 bridgehead atoms. The Morgan fingerprint density at radius 2 is 2.06 bits per heavy atom. The van der Waals surface area contributed by atoms with Gasteiger partial charge in [0.05, 0.1) is 5.02 Å². The molecule has 1 aromatic heterocycles. The SMILES string of the molecule is O=C(Cc1sccc1Cl)C1CC1c1ccccc1. The lowest BCUT2D eigenvalue weighted by molar-refractivity contribution is -0.119. The zero-order valence-corrected chi connectivity index (χ0v) is 11.4. The fourth-order valence-electron chi connectivity index (χ4n) is 2.36. The van der Waals surface area contributed by atoms with E-state index in [2.05, 4.69) is 12.1 Å². The van der Waals surface area contributed by atoms with Crippen molar-refractivity contribution in [2.75, 3.05) is 0 Å². The molecule has 0 spiro atoms. The molecule has 0 amide bonds. The maximum atomic E-state index is 12.2. The van der Waals surface area contributed by atoms with E-state index in [1.165, 1.54) is 5.56 Å². The second kappa shape index (κ2) is 4.87. The minimum Gasteiger partial charge on any atom is -0.299 e. The summed E-state index contributed by atoms with van der Waals surface area (Å²) < 4.78 is 0. The molecule has 2 unspecified atom stereocenters. The van der Waals surface area contributed by atoms with Crippen molar-refractivity contribution in [3.05, 3.63) is 57.2 Å². The third kappa shape index (κ3) is 2.36. The second-order valence-electron chi connectivity index (χ2n) is 4.69. The van der Waals surface area contributed by atoms with Gasteiger partial charge in [0.2, 0.25) is 0 Å². The first-order valence-electron chi connectivity index (χ1n) is 6.05. The van der Waals surface area contributed by atoms with E-state index in [4.69, 9.17) is 11.6 Å². The smallest absolute Gasteiger partial charge is 0.141 e. The topological polar surface area (TPSA) is 17.1 Å². The van der Waals surface area contributed by atoms with E-state index in [1.54, 1.807) is 11.3 Å². The van der Waals surface area contributed by atoms with Gasteiger partial charge in [0.25, 0.3) is 0 Å². The molecule has 92 valence electrons. The predicted molar refractivity (Wildman–Crippen MR) is 75.3 cm³/mol. The molecule has 0 saturated heterocycles. The molecular formula is C15H13ClOS. The fourth-order valence-corrected chi connectivity index (χ4v) is 3.47. The molecule has 3 heteroatoms. The Labute approximate surface area is 115 Å². The molecule has 3 rings (SSSR count). The molecule has 1 fully saturated rings. The molecule has 1 saturated carbocycles. The standard InChI is InChI=1S/C15H13ClOS/c16-13-6-7-18-15(13)9-14(17)12-8-11(12)10-4-2-1-3-5-10/h1-7,11-12H,8-9H2. The molecule has 1 aliphatic carbocycles. The van der Waals surface area contributed by atoms with Crippen molar-refractivity contribution in [1.29, 1.82) is 0 Å². The van der Waals surface area contributed by atoms with Crippen molar-refractivity contribution in [3.63, 3.8) is 0 Å². The highest BCUT2D eigenvalue weighted by Gasteiger charge is 2.43. The molecule has 0 N–H and O–H groups in total. The Morgan fingerprint density at radius 1 is 1.28 bits per heavy atom. The minimum atomic E-state index is 0.200. The highest BCUT2D eigenvalue weighted by atomic mass is 35.5. The molecule has 0 aliphatic heterocycles. The summed E-state index contributed by atoms with van der Waals surface area (Å²) in [5.74, 6) is 0.955. The van der Waals surface area contributed by atoms with Crippen LogP contribution in [0.3, 0.4) is 0 Å². The van der Waals surface area contributed by atoms with Gasteiger partial charge in [-0.05, 0) is 29.3 Å². The molecule has 1 nitrogen and oxygen atoms in total. The average molecular weight is 277 g/mol. The van der Waals surface area contributed by atoms with Crippen LogP contribution in [-0.2, 0) is 11.2 Å². The Hall–Kier alpha value is -1.12. The first kappa shape index (κ1) is 11.9. The van der Waals surface area contributed by atoms with Gasteiger partial charge >= 0.3 is 0 Å². The Morgan fingerprint density at radius 3 is 2.72 bits per heavy atom. The first-order valence-corrected chi connectivity index (χ1v) is 7.31. The number of benzene rings is 1. The van der Waals surface area contributed by atoms with Gasteiger partial charge in [-0.2, -0.15) is 0 Å². The van der Waals surface area contributed by atoms with Crippen LogP contribution in [0, 0.1) is 5.92 Å². The summed E-state index contributed by atoms with van der Waals surface area (Å²) in [5, 5.41) is 2.66. The van der Waals surface area contributed by atoms with Crippen molar-refractivity contribution >= 4 is 28.7 Å². The zero-order chi connectivity index (χ0) is 12.5. The molecular weight excluding hydrogens is 264 g/mol. The molecule has 18 heavy (non-hydrogen) atoms. The fraction of sp³-hybridized carbons (Fsp3) is 0.267. The molecule has 2 atom stereocenters. The van der Waals surface area contributed by atoms with E-state index in [-0.39, 0.29) is 5.92 Å². The first-order chi connectivity index (χ1) is 8.75. The number of Topliss-reactive ketones (excluding diaryl/α,β-unsaturated/α-hetero) is 1.